The third-order valence-corrected chi connectivity index (χ3v) is 5.74. The Morgan fingerprint density at radius 3 is 2.63 bits per heavy atom. The molecule has 3 aromatic rings. The number of carbonyl (C=O) groups is 2. The van der Waals surface area contributed by atoms with E-state index in [0.29, 0.717) is 42.1 Å². The molecule has 1 aromatic carbocycles. The van der Waals surface area contributed by atoms with Gasteiger partial charge >= 0.3 is 0 Å². The van der Waals surface area contributed by atoms with Crippen LogP contribution in [-0.2, 0) is 9.59 Å². The number of aromatic nitrogens is 3. The van der Waals surface area contributed by atoms with E-state index in [9.17, 15) is 9.59 Å². The Labute approximate surface area is 177 Å². The molecular weight excluding hydrogens is 406 g/mol. The molecule has 1 unspecified atom stereocenters. The van der Waals surface area contributed by atoms with Crippen LogP contribution < -0.4 is 4.90 Å². The molecule has 0 spiro atoms. The number of likely N-dealkylation sites (tertiary alicyclic amines) is 1. The van der Waals surface area contributed by atoms with E-state index in [0.717, 1.165) is 5.69 Å². The Morgan fingerprint density at radius 1 is 1.10 bits per heavy atom. The van der Waals surface area contributed by atoms with Crippen LogP contribution in [0.15, 0.2) is 53.2 Å². The van der Waals surface area contributed by atoms with Crippen molar-refractivity contribution in [2.24, 2.45) is 5.92 Å². The summed E-state index contributed by atoms with van der Waals surface area (Å²) in [4.78, 5) is 37.3. The number of nitrogens with zero attached hydrogens (tertiary/aromatic N) is 5. The molecule has 0 saturated carbocycles. The molecule has 8 nitrogen and oxygen atoms in total. The van der Waals surface area contributed by atoms with E-state index < -0.39 is 0 Å². The van der Waals surface area contributed by atoms with Gasteiger partial charge < -0.3 is 14.3 Å². The van der Waals surface area contributed by atoms with E-state index in [1.54, 1.807) is 40.3 Å². The summed E-state index contributed by atoms with van der Waals surface area (Å²) >= 11 is 5.92. The van der Waals surface area contributed by atoms with Crippen LogP contribution in [0.1, 0.15) is 18.2 Å². The number of hydrogen-bond donors (Lipinski definition) is 0. The molecular formula is C21H18ClN5O3. The normalized spacial score (nSPS) is 19.2. The second-order valence-corrected chi connectivity index (χ2v) is 7.93. The number of rotatable bonds is 4. The predicted molar refractivity (Wildman–Crippen MR) is 109 cm³/mol. The molecule has 2 saturated heterocycles. The summed E-state index contributed by atoms with van der Waals surface area (Å²) in [6, 6.07) is 12.6. The number of benzene rings is 1. The highest BCUT2D eigenvalue weighted by Crippen LogP contribution is 2.32. The summed E-state index contributed by atoms with van der Waals surface area (Å²) in [6.07, 6.45) is 1.89. The zero-order valence-electron chi connectivity index (χ0n) is 15.9. The minimum atomic E-state index is -0.346. The van der Waals surface area contributed by atoms with Gasteiger partial charge in [-0.05, 0) is 36.4 Å². The minimum absolute atomic E-state index is 0.00313. The molecule has 2 aliphatic rings. The summed E-state index contributed by atoms with van der Waals surface area (Å²) in [6.45, 7) is 1.40. The first-order chi connectivity index (χ1) is 14.6. The van der Waals surface area contributed by atoms with Crippen LogP contribution in [0.3, 0.4) is 0 Å². The smallest absolute Gasteiger partial charge is 0.233 e. The van der Waals surface area contributed by atoms with Crippen LogP contribution in [0.5, 0.6) is 0 Å². The number of carbonyl (C=O) groups excluding carboxylic acids is 2. The van der Waals surface area contributed by atoms with Gasteiger partial charge in [0.2, 0.25) is 23.5 Å². The first-order valence-electron chi connectivity index (χ1n) is 9.68. The summed E-state index contributed by atoms with van der Waals surface area (Å²) in [5, 5.41) is 4.59. The highest BCUT2D eigenvalue weighted by Gasteiger charge is 2.42. The van der Waals surface area contributed by atoms with Gasteiger partial charge in [-0.3, -0.25) is 14.6 Å². The Bertz CT molecular complexity index is 1080. The Hall–Kier alpha value is -3.26. The molecule has 2 amide bonds. The first kappa shape index (κ1) is 18.7. The molecule has 1 atom stereocenters. The highest BCUT2D eigenvalue weighted by molar-refractivity contribution is 6.30. The molecule has 0 radical (unpaired) electrons. The van der Waals surface area contributed by atoms with Gasteiger partial charge in [0.1, 0.15) is 5.69 Å². The van der Waals surface area contributed by atoms with Crippen molar-refractivity contribution in [3.8, 4) is 11.5 Å². The molecule has 0 bridgehead atoms. The molecule has 30 heavy (non-hydrogen) atoms. The summed E-state index contributed by atoms with van der Waals surface area (Å²) < 4.78 is 5.37. The molecule has 4 heterocycles. The number of anilines is 1. The molecule has 152 valence electrons. The zero-order chi connectivity index (χ0) is 20.7. The monoisotopic (exact) mass is 423 g/mol. The van der Waals surface area contributed by atoms with Gasteiger partial charge in [-0.2, -0.15) is 4.98 Å². The number of amides is 2. The second kappa shape index (κ2) is 7.53. The molecule has 2 aliphatic heterocycles. The van der Waals surface area contributed by atoms with Crippen LogP contribution in [0, 0.1) is 5.92 Å². The largest absolute Gasteiger partial charge is 0.341 e. The van der Waals surface area contributed by atoms with Gasteiger partial charge in [0.15, 0.2) is 0 Å². The quantitative estimate of drug-likeness (QED) is 0.640. The van der Waals surface area contributed by atoms with Crippen molar-refractivity contribution in [1.29, 1.82) is 0 Å². The molecule has 2 aromatic heterocycles. The van der Waals surface area contributed by atoms with Crippen molar-refractivity contribution >= 4 is 29.1 Å². The van der Waals surface area contributed by atoms with Gasteiger partial charge in [-0.1, -0.05) is 22.8 Å². The van der Waals surface area contributed by atoms with E-state index in [1.165, 1.54) is 0 Å². The Balaban J connectivity index is 1.20. The predicted octanol–water partition coefficient (Wildman–Crippen LogP) is 2.76. The van der Waals surface area contributed by atoms with Crippen molar-refractivity contribution in [3.63, 3.8) is 0 Å². The lowest BCUT2D eigenvalue weighted by atomic mass is 9.96. The van der Waals surface area contributed by atoms with Gasteiger partial charge in [-0.15, -0.1) is 0 Å². The SMILES string of the molecule is O=C(C1CC(=O)N(c2ccc(Cl)cc2)C1)N1CC(c2nc(-c3ccccn3)no2)C1. The standard InChI is InChI=1S/C21H18ClN5O3/c22-15-4-6-16(7-5-15)27-12-13(9-18(27)28)21(29)26-10-14(11-26)20-24-19(25-30-20)17-3-1-2-8-23-17/h1-8,13-14H,9-12H2. The number of pyridine rings is 1. The van der Waals surface area contributed by atoms with Gasteiger partial charge in [-0.25, -0.2) is 0 Å². The lowest BCUT2D eigenvalue weighted by Crippen LogP contribution is -2.51. The third-order valence-electron chi connectivity index (χ3n) is 5.49. The topological polar surface area (TPSA) is 92.4 Å². The summed E-state index contributed by atoms with van der Waals surface area (Å²) in [7, 11) is 0. The van der Waals surface area contributed by atoms with Crippen molar-refractivity contribution in [3.05, 3.63) is 59.6 Å². The van der Waals surface area contributed by atoms with E-state index in [-0.39, 0.29) is 30.1 Å². The third kappa shape index (κ3) is 3.43. The Morgan fingerprint density at radius 2 is 1.90 bits per heavy atom. The van der Waals surface area contributed by atoms with Crippen LogP contribution in [0.2, 0.25) is 5.02 Å². The number of halogens is 1. The first-order valence-corrected chi connectivity index (χ1v) is 10.1. The van der Waals surface area contributed by atoms with Crippen molar-refractivity contribution < 1.29 is 14.1 Å². The molecule has 0 aliphatic carbocycles. The molecule has 0 N–H and O–H groups in total. The maximum absolute atomic E-state index is 12.9. The van der Waals surface area contributed by atoms with E-state index in [2.05, 4.69) is 15.1 Å². The fourth-order valence-corrected chi connectivity index (χ4v) is 3.94. The average molecular weight is 424 g/mol. The van der Waals surface area contributed by atoms with Gasteiger partial charge in [0, 0.05) is 43.0 Å². The highest BCUT2D eigenvalue weighted by atomic mass is 35.5. The van der Waals surface area contributed by atoms with E-state index in [1.807, 2.05) is 18.2 Å². The molecule has 5 rings (SSSR count). The summed E-state index contributed by atoms with van der Waals surface area (Å²) in [5.74, 6) is 0.537. The molecule has 9 heteroatoms. The van der Waals surface area contributed by atoms with Gasteiger partial charge in [0.25, 0.3) is 0 Å². The van der Waals surface area contributed by atoms with Crippen molar-refractivity contribution in [2.45, 2.75) is 12.3 Å². The van der Waals surface area contributed by atoms with Gasteiger partial charge in [0.05, 0.1) is 11.8 Å². The Kier molecular flexibility index (Phi) is 4.71. The second-order valence-electron chi connectivity index (χ2n) is 7.49. The number of hydrogen-bond acceptors (Lipinski definition) is 6. The van der Waals surface area contributed by atoms with Crippen molar-refractivity contribution in [1.82, 2.24) is 20.0 Å². The van der Waals surface area contributed by atoms with Crippen molar-refractivity contribution in [2.75, 3.05) is 24.5 Å². The zero-order valence-corrected chi connectivity index (χ0v) is 16.7. The maximum atomic E-state index is 12.9. The average Bonchev–Trinajstić information content (AvgIpc) is 3.35. The van der Waals surface area contributed by atoms with Crippen LogP contribution >= 0.6 is 11.6 Å². The van der Waals surface area contributed by atoms with E-state index in [4.69, 9.17) is 16.1 Å². The summed E-state index contributed by atoms with van der Waals surface area (Å²) in [5.41, 5.74) is 1.40. The maximum Gasteiger partial charge on any atom is 0.233 e. The van der Waals surface area contributed by atoms with Crippen LogP contribution in [-0.4, -0.2) is 51.5 Å². The van der Waals surface area contributed by atoms with E-state index >= 15 is 0 Å². The lowest BCUT2D eigenvalue weighted by Gasteiger charge is -2.38. The minimum Gasteiger partial charge on any atom is -0.341 e. The van der Waals surface area contributed by atoms with Crippen LogP contribution in [0.4, 0.5) is 5.69 Å². The molecule has 2 fully saturated rings. The van der Waals surface area contributed by atoms with Crippen LogP contribution in [0.25, 0.3) is 11.5 Å². The fraction of sp³-hybridized carbons (Fsp3) is 0.286. The fourth-order valence-electron chi connectivity index (χ4n) is 3.82. The lowest BCUT2D eigenvalue weighted by molar-refractivity contribution is -0.140.